The van der Waals surface area contributed by atoms with Crippen molar-refractivity contribution in [2.75, 3.05) is 6.61 Å². The molecule has 0 bridgehead atoms. The van der Waals surface area contributed by atoms with Gasteiger partial charge in [-0.3, -0.25) is 4.79 Å². The van der Waals surface area contributed by atoms with Gasteiger partial charge in [0.2, 0.25) is 0 Å². The molecule has 2 fully saturated rings. The van der Waals surface area contributed by atoms with Gasteiger partial charge in [-0.05, 0) is 63.7 Å². The number of hydrogen-bond donors (Lipinski definition) is 1. The Bertz CT molecular complexity index is 300. The number of nitrogens with one attached hydrogen (secondary N) is 1. The molecule has 0 aromatic heterocycles. The molecular weight excluding hydrogens is 250 g/mol. The van der Waals surface area contributed by atoms with Crippen LogP contribution in [0.5, 0.6) is 0 Å². The van der Waals surface area contributed by atoms with E-state index in [1.165, 1.54) is 19.3 Å². The Hall–Kier alpha value is -0.570. The van der Waals surface area contributed by atoms with Crippen LogP contribution in [0.1, 0.15) is 65.7 Å². The third-order valence-electron chi connectivity index (χ3n) is 5.00. The smallest absolute Gasteiger partial charge is 0.308 e. The van der Waals surface area contributed by atoms with E-state index in [1.54, 1.807) is 0 Å². The molecule has 20 heavy (non-hydrogen) atoms. The molecule has 3 heteroatoms. The Morgan fingerprint density at radius 2 is 1.60 bits per heavy atom. The largest absolute Gasteiger partial charge is 0.466 e. The number of ether oxygens (including phenoxy) is 1. The van der Waals surface area contributed by atoms with Gasteiger partial charge >= 0.3 is 5.97 Å². The van der Waals surface area contributed by atoms with E-state index in [4.69, 9.17) is 4.74 Å². The van der Waals surface area contributed by atoms with Gasteiger partial charge in [0.05, 0.1) is 12.5 Å². The molecule has 0 radical (unpaired) electrons. The summed E-state index contributed by atoms with van der Waals surface area (Å²) >= 11 is 0. The summed E-state index contributed by atoms with van der Waals surface area (Å²) in [6, 6.07) is 1.31. The van der Waals surface area contributed by atoms with Crippen molar-refractivity contribution in [1.82, 2.24) is 5.32 Å². The Balaban J connectivity index is 1.72. The first kappa shape index (κ1) is 15.8. The van der Waals surface area contributed by atoms with Crippen LogP contribution < -0.4 is 5.32 Å². The van der Waals surface area contributed by atoms with Gasteiger partial charge in [-0.15, -0.1) is 0 Å². The predicted molar refractivity (Wildman–Crippen MR) is 81.5 cm³/mol. The average molecular weight is 281 g/mol. The molecule has 2 rings (SSSR count). The Labute approximate surface area is 123 Å². The Morgan fingerprint density at radius 1 is 1.00 bits per heavy atom. The van der Waals surface area contributed by atoms with E-state index < -0.39 is 0 Å². The SMILES string of the molecule is CCOC(=O)C1CCC(NC2CC(C)CC(C)C2)CC1. The van der Waals surface area contributed by atoms with Crippen molar-refractivity contribution in [2.45, 2.75) is 77.8 Å². The zero-order valence-corrected chi connectivity index (χ0v) is 13.4. The normalized spacial score (nSPS) is 38.5. The Kier molecular flexibility index (Phi) is 5.88. The van der Waals surface area contributed by atoms with Crippen LogP contribution >= 0.6 is 0 Å². The summed E-state index contributed by atoms with van der Waals surface area (Å²) in [7, 11) is 0. The van der Waals surface area contributed by atoms with E-state index in [2.05, 4.69) is 19.2 Å². The maximum Gasteiger partial charge on any atom is 0.308 e. The fourth-order valence-corrected chi connectivity index (χ4v) is 4.17. The molecule has 2 saturated carbocycles. The molecule has 116 valence electrons. The van der Waals surface area contributed by atoms with E-state index in [0.29, 0.717) is 18.7 Å². The first-order valence-corrected chi connectivity index (χ1v) is 8.51. The van der Waals surface area contributed by atoms with Gasteiger partial charge in [-0.25, -0.2) is 0 Å². The lowest BCUT2D eigenvalue weighted by molar-refractivity contribution is -0.149. The van der Waals surface area contributed by atoms with Crippen LogP contribution in [0.25, 0.3) is 0 Å². The fraction of sp³-hybridized carbons (Fsp3) is 0.941. The van der Waals surface area contributed by atoms with Gasteiger partial charge in [0.15, 0.2) is 0 Å². The van der Waals surface area contributed by atoms with Gasteiger partial charge in [-0.2, -0.15) is 0 Å². The first-order valence-electron chi connectivity index (χ1n) is 8.51. The van der Waals surface area contributed by atoms with Crippen molar-refractivity contribution in [3.8, 4) is 0 Å². The molecule has 0 aromatic rings. The predicted octanol–water partition coefficient (Wildman–Crippen LogP) is 3.52. The highest BCUT2D eigenvalue weighted by Gasteiger charge is 2.30. The van der Waals surface area contributed by atoms with Crippen LogP contribution in [0.2, 0.25) is 0 Å². The van der Waals surface area contributed by atoms with Crippen LogP contribution in [0.4, 0.5) is 0 Å². The lowest BCUT2D eigenvalue weighted by Crippen LogP contribution is -2.44. The number of esters is 1. The molecule has 0 spiro atoms. The molecule has 2 atom stereocenters. The highest BCUT2D eigenvalue weighted by atomic mass is 16.5. The molecule has 1 N–H and O–H groups in total. The molecule has 0 saturated heterocycles. The van der Waals surface area contributed by atoms with Crippen LogP contribution in [0, 0.1) is 17.8 Å². The van der Waals surface area contributed by atoms with E-state index in [-0.39, 0.29) is 11.9 Å². The third-order valence-corrected chi connectivity index (χ3v) is 5.00. The van der Waals surface area contributed by atoms with E-state index in [0.717, 1.165) is 37.5 Å². The van der Waals surface area contributed by atoms with Crippen molar-refractivity contribution >= 4 is 5.97 Å². The molecule has 2 aliphatic carbocycles. The average Bonchev–Trinajstić information content (AvgIpc) is 2.38. The van der Waals surface area contributed by atoms with Gasteiger partial charge in [-0.1, -0.05) is 13.8 Å². The van der Waals surface area contributed by atoms with Gasteiger partial charge in [0, 0.05) is 12.1 Å². The summed E-state index contributed by atoms with van der Waals surface area (Å²) in [5.74, 6) is 1.88. The number of rotatable bonds is 4. The summed E-state index contributed by atoms with van der Waals surface area (Å²) in [6.07, 6.45) is 8.27. The maximum absolute atomic E-state index is 11.7. The molecule has 2 unspecified atom stereocenters. The quantitative estimate of drug-likeness (QED) is 0.801. The van der Waals surface area contributed by atoms with E-state index >= 15 is 0 Å². The highest BCUT2D eigenvalue weighted by molar-refractivity contribution is 5.72. The monoisotopic (exact) mass is 281 g/mol. The minimum Gasteiger partial charge on any atom is -0.466 e. The second-order valence-corrected chi connectivity index (χ2v) is 7.08. The number of carbonyl (C=O) groups excluding carboxylic acids is 1. The molecule has 3 nitrogen and oxygen atoms in total. The molecule has 0 aromatic carbocycles. The van der Waals surface area contributed by atoms with Gasteiger partial charge in [0.25, 0.3) is 0 Å². The zero-order chi connectivity index (χ0) is 14.5. The molecule has 0 aliphatic heterocycles. The maximum atomic E-state index is 11.7. The Morgan fingerprint density at radius 3 is 2.15 bits per heavy atom. The highest BCUT2D eigenvalue weighted by Crippen LogP contribution is 2.31. The number of hydrogen-bond acceptors (Lipinski definition) is 3. The second-order valence-electron chi connectivity index (χ2n) is 7.08. The van der Waals surface area contributed by atoms with E-state index in [1.807, 2.05) is 6.92 Å². The van der Waals surface area contributed by atoms with Crippen molar-refractivity contribution in [3.05, 3.63) is 0 Å². The van der Waals surface area contributed by atoms with Crippen molar-refractivity contribution in [3.63, 3.8) is 0 Å². The van der Waals surface area contributed by atoms with Crippen LogP contribution in [-0.2, 0) is 9.53 Å². The summed E-state index contributed by atoms with van der Waals surface area (Å²) in [6.45, 7) is 7.15. The molecule has 2 aliphatic rings. The second kappa shape index (κ2) is 7.44. The van der Waals surface area contributed by atoms with Crippen molar-refractivity contribution in [2.24, 2.45) is 17.8 Å². The van der Waals surface area contributed by atoms with Gasteiger partial charge < -0.3 is 10.1 Å². The van der Waals surface area contributed by atoms with Crippen molar-refractivity contribution < 1.29 is 9.53 Å². The number of carbonyl (C=O) groups is 1. The van der Waals surface area contributed by atoms with E-state index in [9.17, 15) is 4.79 Å². The first-order chi connectivity index (χ1) is 9.58. The topological polar surface area (TPSA) is 38.3 Å². The fourth-order valence-electron chi connectivity index (χ4n) is 4.17. The standard InChI is InChI=1S/C17H31NO2/c1-4-20-17(19)14-5-7-15(8-6-14)18-16-10-12(2)9-13(3)11-16/h12-16,18H,4-11H2,1-3H3. The summed E-state index contributed by atoms with van der Waals surface area (Å²) in [4.78, 5) is 11.7. The van der Waals surface area contributed by atoms with Crippen LogP contribution in [0.15, 0.2) is 0 Å². The van der Waals surface area contributed by atoms with Crippen LogP contribution in [0.3, 0.4) is 0 Å². The minimum atomic E-state index is 0.0193. The zero-order valence-electron chi connectivity index (χ0n) is 13.4. The summed E-state index contributed by atoms with van der Waals surface area (Å²) in [5, 5.41) is 3.86. The third kappa shape index (κ3) is 4.47. The minimum absolute atomic E-state index is 0.0193. The van der Waals surface area contributed by atoms with Gasteiger partial charge in [0.1, 0.15) is 0 Å². The molecule has 0 heterocycles. The lowest BCUT2D eigenvalue weighted by atomic mass is 9.79. The van der Waals surface area contributed by atoms with Crippen molar-refractivity contribution in [1.29, 1.82) is 0 Å². The lowest BCUT2D eigenvalue weighted by Gasteiger charge is -2.36. The summed E-state index contributed by atoms with van der Waals surface area (Å²) < 4.78 is 5.14. The summed E-state index contributed by atoms with van der Waals surface area (Å²) in [5.41, 5.74) is 0. The van der Waals surface area contributed by atoms with Crippen LogP contribution in [-0.4, -0.2) is 24.7 Å². The molecule has 0 amide bonds. The molecular formula is C17H31NO2.